The number of hydrogen-bond donors (Lipinski definition) is 2. The average Bonchev–Trinajstić information content (AvgIpc) is 2.44. The van der Waals surface area contributed by atoms with Crippen LogP contribution in [-0.2, 0) is 0 Å². The van der Waals surface area contributed by atoms with Gasteiger partial charge in [0, 0.05) is 24.0 Å². The van der Waals surface area contributed by atoms with Crippen LogP contribution in [0.3, 0.4) is 0 Å². The molecular weight excluding hydrogens is 238 g/mol. The first-order chi connectivity index (χ1) is 9.28. The molecule has 0 saturated carbocycles. The number of benzene rings is 2. The standard InChI is InChI=1S/C15H15N3O/c16-11-12-4-6-14(7-5-12)18-8-9-19-15-3-1-2-13(17)10-15/h1-7,10,18H,8-9,17H2. The third-order valence-corrected chi connectivity index (χ3v) is 2.57. The summed E-state index contributed by atoms with van der Waals surface area (Å²) in [7, 11) is 0. The quantitative estimate of drug-likeness (QED) is 0.634. The molecule has 0 fully saturated rings. The number of anilines is 2. The molecular formula is C15H15N3O. The van der Waals surface area contributed by atoms with E-state index in [9.17, 15) is 0 Å². The Balaban J connectivity index is 1.76. The molecule has 96 valence electrons. The van der Waals surface area contributed by atoms with Crippen molar-refractivity contribution < 1.29 is 4.74 Å². The normalized spacial score (nSPS) is 9.63. The van der Waals surface area contributed by atoms with Crippen LogP contribution in [0, 0.1) is 11.3 Å². The minimum atomic E-state index is 0.545. The summed E-state index contributed by atoms with van der Waals surface area (Å²) in [6, 6.07) is 16.7. The van der Waals surface area contributed by atoms with Crippen molar-refractivity contribution in [2.24, 2.45) is 0 Å². The summed E-state index contributed by atoms with van der Waals surface area (Å²) < 4.78 is 5.56. The minimum Gasteiger partial charge on any atom is -0.492 e. The van der Waals surface area contributed by atoms with Crippen LogP contribution in [0.5, 0.6) is 5.75 Å². The van der Waals surface area contributed by atoms with Crippen molar-refractivity contribution >= 4 is 11.4 Å². The highest BCUT2D eigenvalue weighted by atomic mass is 16.5. The lowest BCUT2D eigenvalue weighted by molar-refractivity contribution is 0.333. The molecule has 19 heavy (non-hydrogen) atoms. The van der Waals surface area contributed by atoms with Crippen LogP contribution < -0.4 is 15.8 Å². The summed E-state index contributed by atoms with van der Waals surface area (Å²) in [6.07, 6.45) is 0. The van der Waals surface area contributed by atoms with Gasteiger partial charge in [-0.15, -0.1) is 0 Å². The zero-order valence-corrected chi connectivity index (χ0v) is 10.5. The second kappa shape index (κ2) is 6.31. The number of nitrogens with zero attached hydrogens (tertiary/aromatic N) is 1. The summed E-state index contributed by atoms with van der Waals surface area (Å²) in [4.78, 5) is 0. The number of nitrogen functional groups attached to an aromatic ring is 1. The molecule has 0 saturated heterocycles. The molecule has 0 amide bonds. The molecule has 4 heteroatoms. The average molecular weight is 253 g/mol. The van der Waals surface area contributed by atoms with Crippen molar-refractivity contribution in [3.05, 3.63) is 54.1 Å². The zero-order valence-electron chi connectivity index (χ0n) is 10.5. The Morgan fingerprint density at radius 2 is 1.95 bits per heavy atom. The zero-order chi connectivity index (χ0) is 13.5. The van der Waals surface area contributed by atoms with Crippen LogP contribution in [0.4, 0.5) is 11.4 Å². The van der Waals surface area contributed by atoms with Crippen LogP contribution >= 0.6 is 0 Å². The number of hydrogen-bond acceptors (Lipinski definition) is 4. The van der Waals surface area contributed by atoms with Crippen LogP contribution in [0.25, 0.3) is 0 Å². The molecule has 2 rings (SSSR count). The number of nitrogens with one attached hydrogen (secondary N) is 1. The van der Waals surface area contributed by atoms with Gasteiger partial charge in [-0.3, -0.25) is 0 Å². The predicted octanol–water partition coefficient (Wildman–Crippen LogP) is 2.63. The van der Waals surface area contributed by atoms with Gasteiger partial charge in [-0.2, -0.15) is 5.26 Å². The Bertz CT molecular complexity index is 573. The lowest BCUT2D eigenvalue weighted by Crippen LogP contribution is -2.11. The van der Waals surface area contributed by atoms with Gasteiger partial charge in [-0.25, -0.2) is 0 Å². The topological polar surface area (TPSA) is 71.1 Å². The predicted molar refractivity (Wildman–Crippen MR) is 76.0 cm³/mol. The molecule has 0 aliphatic rings. The summed E-state index contributed by atoms with van der Waals surface area (Å²) >= 11 is 0. The van der Waals surface area contributed by atoms with Crippen molar-refractivity contribution in [2.45, 2.75) is 0 Å². The fourth-order valence-corrected chi connectivity index (χ4v) is 1.63. The van der Waals surface area contributed by atoms with Gasteiger partial charge in [0.25, 0.3) is 0 Å². The second-order valence-corrected chi connectivity index (χ2v) is 4.04. The van der Waals surface area contributed by atoms with Crippen molar-refractivity contribution in [3.8, 4) is 11.8 Å². The van der Waals surface area contributed by atoms with Crippen LogP contribution in [0.2, 0.25) is 0 Å². The van der Waals surface area contributed by atoms with Crippen LogP contribution in [0.1, 0.15) is 5.56 Å². The maximum Gasteiger partial charge on any atom is 0.121 e. The first-order valence-corrected chi connectivity index (χ1v) is 6.00. The summed E-state index contributed by atoms with van der Waals surface area (Å²) in [5.74, 6) is 0.765. The molecule has 0 radical (unpaired) electrons. The van der Waals surface area contributed by atoms with E-state index >= 15 is 0 Å². The molecule has 0 heterocycles. The van der Waals surface area contributed by atoms with E-state index < -0.39 is 0 Å². The van der Waals surface area contributed by atoms with Crippen molar-refractivity contribution in [2.75, 3.05) is 24.2 Å². The lowest BCUT2D eigenvalue weighted by atomic mass is 10.2. The van der Waals surface area contributed by atoms with Crippen molar-refractivity contribution in [1.29, 1.82) is 5.26 Å². The molecule has 0 aliphatic heterocycles. The Hall–Kier alpha value is -2.67. The van der Waals surface area contributed by atoms with Gasteiger partial charge in [0.15, 0.2) is 0 Å². The molecule has 0 aromatic heterocycles. The number of nitriles is 1. The van der Waals surface area contributed by atoms with Gasteiger partial charge in [0.2, 0.25) is 0 Å². The maximum atomic E-state index is 8.69. The van der Waals surface area contributed by atoms with Crippen molar-refractivity contribution in [3.63, 3.8) is 0 Å². The Labute approximate surface area is 112 Å². The van der Waals surface area contributed by atoms with E-state index in [1.54, 1.807) is 18.2 Å². The van der Waals surface area contributed by atoms with E-state index in [1.165, 1.54) is 0 Å². The maximum absolute atomic E-state index is 8.69. The summed E-state index contributed by atoms with van der Waals surface area (Å²) in [6.45, 7) is 1.23. The molecule has 0 atom stereocenters. The van der Waals surface area contributed by atoms with E-state index in [4.69, 9.17) is 15.7 Å². The van der Waals surface area contributed by atoms with Crippen LogP contribution in [-0.4, -0.2) is 13.2 Å². The van der Waals surface area contributed by atoms with E-state index in [-0.39, 0.29) is 0 Å². The van der Waals surface area contributed by atoms with Gasteiger partial charge in [0.1, 0.15) is 12.4 Å². The smallest absolute Gasteiger partial charge is 0.121 e. The van der Waals surface area contributed by atoms with Gasteiger partial charge >= 0.3 is 0 Å². The summed E-state index contributed by atoms with van der Waals surface area (Å²) in [5.41, 5.74) is 7.97. The van der Waals surface area contributed by atoms with E-state index in [1.807, 2.05) is 30.3 Å². The van der Waals surface area contributed by atoms with Crippen molar-refractivity contribution in [1.82, 2.24) is 0 Å². The highest BCUT2D eigenvalue weighted by Crippen LogP contribution is 2.14. The van der Waals surface area contributed by atoms with Crippen LogP contribution in [0.15, 0.2) is 48.5 Å². The Morgan fingerprint density at radius 1 is 1.16 bits per heavy atom. The fourth-order valence-electron chi connectivity index (χ4n) is 1.63. The second-order valence-electron chi connectivity index (χ2n) is 4.04. The summed E-state index contributed by atoms with van der Waals surface area (Å²) in [5, 5.41) is 11.9. The molecule has 4 nitrogen and oxygen atoms in total. The first-order valence-electron chi connectivity index (χ1n) is 6.00. The molecule has 0 bridgehead atoms. The monoisotopic (exact) mass is 253 g/mol. The van der Waals surface area contributed by atoms with E-state index in [0.29, 0.717) is 24.4 Å². The third-order valence-electron chi connectivity index (χ3n) is 2.57. The molecule has 3 N–H and O–H groups in total. The molecule has 2 aromatic carbocycles. The third kappa shape index (κ3) is 3.93. The first kappa shape index (κ1) is 12.8. The van der Waals surface area contributed by atoms with E-state index in [0.717, 1.165) is 11.4 Å². The number of rotatable bonds is 5. The molecule has 0 spiro atoms. The fraction of sp³-hybridized carbons (Fsp3) is 0.133. The SMILES string of the molecule is N#Cc1ccc(NCCOc2cccc(N)c2)cc1. The van der Waals surface area contributed by atoms with Gasteiger partial charge in [0.05, 0.1) is 11.6 Å². The lowest BCUT2D eigenvalue weighted by Gasteiger charge is -2.09. The Morgan fingerprint density at radius 3 is 2.63 bits per heavy atom. The van der Waals surface area contributed by atoms with Gasteiger partial charge < -0.3 is 15.8 Å². The largest absolute Gasteiger partial charge is 0.492 e. The highest BCUT2D eigenvalue weighted by molar-refractivity contribution is 5.47. The Kier molecular flexibility index (Phi) is 4.25. The van der Waals surface area contributed by atoms with E-state index in [2.05, 4.69) is 11.4 Å². The number of ether oxygens (including phenoxy) is 1. The molecule has 0 aliphatic carbocycles. The number of nitrogens with two attached hydrogens (primary N) is 1. The minimum absolute atomic E-state index is 0.545. The molecule has 2 aromatic rings. The van der Waals surface area contributed by atoms with Gasteiger partial charge in [-0.1, -0.05) is 6.07 Å². The van der Waals surface area contributed by atoms with Gasteiger partial charge in [-0.05, 0) is 36.4 Å². The molecule has 0 unspecified atom stereocenters. The highest BCUT2D eigenvalue weighted by Gasteiger charge is 1.95.